The Morgan fingerprint density at radius 1 is 1.02 bits per heavy atom. The smallest absolute Gasteiger partial charge is 0.262 e. The van der Waals surface area contributed by atoms with Crippen LogP contribution >= 0.6 is 0 Å². The second-order valence-electron chi connectivity index (χ2n) is 11.9. The molecule has 3 aromatic carbocycles. The second kappa shape index (κ2) is 15.1. The van der Waals surface area contributed by atoms with E-state index in [1.54, 1.807) is 30.3 Å². The molecule has 0 radical (unpaired) electrons. The summed E-state index contributed by atoms with van der Waals surface area (Å²) in [6, 6.07) is 15.7. The van der Waals surface area contributed by atoms with Gasteiger partial charge in [-0.25, -0.2) is 9.37 Å². The van der Waals surface area contributed by atoms with Gasteiger partial charge in [0.15, 0.2) is 11.5 Å². The van der Waals surface area contributed by atoms with Gasteiger partial charge in [0.25, 0.3) is 11.8 Å². The first-order chi connectivity index (χ1) is 23.1. The molecule has 48 heavy (non-hydrogen) atoms. The average Bonchev–Trinajstić information content (AvgIpc) is 3.07. The Morgan fingerprint density at radius 2 is 1.79 bits per heavy atom. The maximum Gasteiger partial charge on any atom is 0.262 e. The van der Waals surface area contributed by atoms with Crippen molar-refractivity contribution in [2.24, 2.45) is 0 Å². The van der Waals surface area contributed by atoms with Crippen molar-refractivity contribution in [2.75, 3.05) is 55.9 Å². The molecular formula is C36H42FN7O4. The van der Waals surface area contributed by atoms with Crippen LogP contribution in [-0.4, -0.2) is 73.1 Å². The van der Waals surface area contributed by atoms with Crippen molar-refractivity contribution in [3.63, 3.8) is 0 Å². The number of nitrogens with one attached hydrogen (secondary N) is 3. The lowest BCUT2D eigenvalue weighted by atomic mass is 10.1. The number of halogens is 1. The summed E-state index contributed by atoms with van der Waals surface area (Å²) in [4.78, 5) is 39.4. The Morgan fingerprint density at radius 3 is 2.48 bits per heavy atom. The number of carbonyl (C=O) groups is 2. The van der Waals surface area contributed by atoms with Gasteiger partial charge >= 0.3 is 0 Å². The third kappa shape index (κ3) is 7.83. The van der Waals surface area contributed by atoms with Gasteiger partial charge in [-0.05, 0) is 81.8 Å². The molecule has 2 heterocycles. The molecule has 4 aromatic rings. The highest BCUT2D eigenvalue weighted by atomic mass is 19.1. The number of anilines is 4. The SMILES string of the molecule is CCCNC(=O)c1ccc(Oc2nc(Nc3ccc(N4CCN(C)C(C)C4)c(F)c3)ncc2C(=O)Nc2c(C)cccc2C)c(OC)c1. The summed E-state index contributed by atoms with van der Waals surface area (Å²) in [5.41, 5.74) is 3.85. The van der Waals surface area contributed by atoms with Crippen molar-refractivity contribution < 1.29 is 23.5 Å². The Labute approximate surface area is 280 Å². The van der Waals surface area contributed by atoms with Crippen molar-refractivity contribution in [3.05, 3.63) is 88.9 Å². The van der Waals surface area contributed by atoms with Crippen LogP contribution in [0, 0.1) is 19.7 Å². The van der Waals surface area contributed by atoms with Crippen LogP contribution in [0.2, 0.25) is 0 Å². The summed E-state index contributed by atoms with van der Waals surface area (Å²) in [5, 5.41) is 8.83. The minimum absolute atomic E-state index is 0.0562. The van der Waals surface area contributed by atoms with Crippen LogP contribution in [0.1, 0.15) is 52.1 Å². The molecule has 252 valence electrons. The lowest BCUT2D eigenvalue weighted by molar-refractivity contribution is 0.0952. The number of benzene rings is 3. The molecule has 0 bridgehead atoms. The van der Waals surface area contributed by atoms with E-state index >= 15 is 4.39 Å². The monoisotopic (exact) mass is 655 g/mol. The zero-order valence-electron chi connectivity index (χ0n) is 28.2. The highest BCUT2D eigenvalue weighted by molar-refractivity contribution is 6.06. The van der Waals surface area contributed by atoms with Crippen molar-refractivity contribution >= 4 is 34.8 Å². The van der Waals surface area contributed by atoms with E-state index in [2.05, 4.69) is 44.8 Å². The molecule has 1 fully saturated rings. The van der Waals surface area contributed by atoms with Crippen LogP contribution in [0.5, 0.6) is 17.4 Å². The standard InChI is InChI=1S/C36H42FN7O4/c1-7-15-38-33(45)25-11-14-30(31(18-25)47-6)48-35-27(34(46)41-32-22(2)9-8-10-23(32)3)20-39-36(42-35)40-26-12-13-29(28(37)19-26)44-17-16-43(5)24(4)21-44/h8-14,18-20,24H,7,15-17,21H2,1-6H3,(H,38,45)(H,41,46)(H,39,40,42). The molecule has 3 N–H and O–H groups in total. The third-order valence-corrected chi connectivity index (χ3v) is 8.39. The Bertz CT molecular complexity index is 1780. The minimum atomic E-state index is -0.486. The lowest BCUT2D eigenvalue weighted by Crippen LogP contribution is -2.50. The molecule has 5 rings (SSSR count). The summed E-state index contributed by atoms with van der Waals surface area (Å²) in [5.74, 6) is -0.587. The first-order valence-corrected chi connectivity index (χ1v) is 16.0. The maximum atomic E-state index is 15.4. The van der Waals surface area contributed by atoms with Gasteiger partial charge in [0.1, 0.15) is 11.4 Å². The summed E-state index contributed by atoms with van der Waals surface area (Å²) < 4.78 is 27.1. The van der Waals surface area contributed by atoms with Crippen LogP contribution < -0.4 is 30.3 Å². The summed E-state index contributed by atoms with van der Waals surface area (Å²) >= 11 is 0. The molecular weight excluding hydrogens is 613 g/mol. The van der Waals surface area contributed by atoms with Gasteiger partial charge in [-0.3, -0.25) is 9.59 Å². The number of aromatic nitrogens is 2. The number of ether oxygens (including phenoxy) is 2. The molecule has 1 atom stereocenters. The maximum absolute atomic E-state index is 15.4. The molecule has 1 saturated heterocycles. The van der Waals surface area contributed by atoms with E-state index in [4.69, 9.17) is 9.47 Å². The third-order valence-electron chi connectivity index (χ3n) is 8.39. The average molecular weight is 656 g/mol. The van der Waals surface area contributed by atoms with Crippen LogP contribution in [0.4, 0.5) is 27.4 Å². The number of hydrogen-bond donors (Lipinski definition) is 3. The first kappa shape index (κ1) is 34.1. The number of piperazine rings is 1. The number of carbonyl (C=O) groups excluding carboxylic acids is 2. The highest BCUT2D eigenvalue weighted by Gasteiger charge is 2.24. The number of rotatable bonds is 11. The predicted octanol–water partition coefficient (Wildman–Crippen LogP) is 6.31. The van der Waals surface area contributed by atoms with Gasteiger partial charge in [-0.15, -0.1) is 0 Å². The van der Waals surface area contributed by atoms with E-state index in [1.165, 1.54) is 19.4 Å². The van der Waals surface area contributed by atoms with E-state index in [9.17, 15) is 9.59 Å². The second-order valence-corrected chi connectivity index (χ2v) is 11.9. The molecule has 11 nitrogen and oxygen atoms in total. The fourth-order valence-corrected chi connectivity index (χ4v) is 5.43. The Balaban J connectivity index is 1.45. The number of hydrogen-bond acceptors (Lipinski definition) is 9. The summed E-state index contributed by atoms with van der Waals surface area (Å²) in [6.07, 6.45) is 2.15. The number of likely N-dealkylation sites (N-methyl/N-ethyl adjacent to an activating group) is 1. The van der Waals surface area contributed by atoms with E-state index in [1.807, 2.05) is 43.9 Å². The van der Waals surface area contributed by atoms with Gasteiger partial charge < -0.3 is 35.2 Å². The molecule has 1 aromatic heterocycles. The van der Waals surface area contributed by atoms with Crippen molar-refractivity contribution in [2.45, 2.75) is 40.2 Å². The first-order valence-electron chi connectivity index (χ1n) is 16.0. The largest absolute Gasteiger partial charge is 0.493 e. The molecule has 2 amide bonds. The quantitative estimate of drug-likeness (QED) is 0.171. The predicted molar refractivity (Wildman–Crippen MR) is 186 cm³/mol. The molecule has 12 heteroatoms. The van der Waals surface area contributed by atoms with Gasteiger partial charge in [0.2, 0.25) is 11.8 Å². The van der Waals surface area contributed by atoms with Gasteiger partial charge in [0, 0.05) is 55.4 Å². The summed E-state index contributed by atoms with van der Waals surface area (Å²) in [6.45, 7) is 10.7. The summed E-state index contributed by atoms with van der Waals surface area (Å²) in [7, 11) is 3.53. The Kier molecular flexibility index (Phi) is 10.7. The Hall–Kier alpha value is -5.23. The molecule has 0 spiro atoms. The van der Waals surface area contributed by atoms with Crippen molar-refractivity contribution in [1.29, 1.82) is 0 Å². The van der Waals surface area contributed by atoms with Gasteiger partial charge in [0.05, 0.1) is 12.8 Å². The fraction of sp³-hybridized carbons (Fsp3) is 0.333. The number of amides is 2. The normalized spacial score (nSPS) is 14.7. The number of aryl methyl sites for hydroxylation is 2. The van der Waals surface area contributed by atoms with E-state index in [-0.39, 0.29) is 40.6 Å². The number of para-hydroxylation sites is 1. The topological polar surface area (TPSA) is 121 Å². The zero-order chi connectivity index (χ0) is 34.4. The molecule has 1 aliphatic heterocycles. The zero-order valence-corrected chi connectivity index (χ0v) is 28.2. The molecule has 0 aliphatic carbocycles. The number of nitrogens with zero attached hydrogens (tertiary/aromatic N) is 4. The molecule has 0 saturated carbocycles. The molecule has 1 unspecified atom stereocenters. The van der Waals surface area contributed by atoms with E-state index in [0.29, 0.717) is 35.2 Å². The van der Waals surface area contributed by atoms with Crippen LogP contribution in [0.15, 0.2) is 60.8 Å². The van der Waals surface area contributed by atoms with E-state index < -0.39 is 5.91 Å². The van der Waals surface area contributed by atoms with Crippen LogP contribution in [0.25, 0.3) is 0 Å². The van der Waals surface area contributed by atoms with Crippen molar-refractivity contribution in [1.82, 2.24) is 20.2 Å². The van der Waals surface area contributed by atoms with Crippen LogP contribution in [0.3, 0.4) is 0 Å². The van der Waals surface area contributed by atoms with Crippen LogP contribution in [-0.2, 0) is 0 Å². The van der Waals surface area contributed by atoms with Gasteiger partial charge in [-0.2, -0.15) is 4.98 Å². The lowest BCUT2D eigenvalue weighted by Gasteiger charge is -2.39. The van der Waals surface area contributed by atoms with E-state index in [0.717, 1.165) is 37.2 Å². The molecule has 1 aliphatic rings. The minimum Gasteiger partial charge on any atom is -0.493 e. The number of methoxy groups -OCH3 is 1. The van der Waals surface area contributed by atoms with Crippen molar-refractivity contribution in [3.8, 4) is 17.4 Å². The highest BCUT2D eigenvalue weighted by Crippen LogP contribution is 2.34. The fourth-order valence-electron chi connectivity index (χ4n) is 5.43. The van der Waals surface area contributed by atoms with Gasteiger partial charge in [-0.1, -0.05) is 25.1 Å².